The summed E-state index contributed by atoms with van der Waals surface area (Å²) in [4.78, 5) is 3.03. The van der Waals surface area contributed by atoms with Crippen molar-refractivity contribution in [1.82, 2.24) is 4.98 Å². The third-order valence-electron chi connectivity index (χ3n) is 2.82. The molecule has 0 aliphatic rings. The molecule has 2 nitrogen and oxygen atoms in total. The second kappa shape index (κ2) is 4.41. The number of aromatic nitrogens is 1. The highest BCUT2D eigenvalue weighted by atomic mass is 19.4. The average molecular weight is 242 g/mol. The molecule has 3 N–H and O–H groups in total. The van der Waals surface area contributed by atoms with Gasteiger partial charge in [-0.25, -0.2) is 0 Å². The van der Waals surface area contributed by atoms with Gasteiger partial charge in [-0.15, -0.1) is 0 Å². The number of hydrogen-bond donors (Lipinski definition) is 2. The third-order valence-corrected chi connectivity index (χ3v) is 2.82. The van der Waals surface area contributed by atoms with Gasteiger partial charge in [0.15, 0.2) is 0 Å². The third kappa shape index (κ3) is 2.61. The minimum atomic E-state index is -4.31. The second-order valence-electron chi connectivity index (χ2n) is 4.05. The van der Waals surface area contributed by atoms with Crippen molar-refractivity contribution < 1.29 is 13.2 Å². The standard InChI is InChI=1S/C12H13F3N2/c13-12(14,15)11(16)6-5-8-7-17-10-4-2-1-3-9(8)10/h1-4,7,11,17H,5-6,16H2. The van der Waals surface area contributed by atoms with Gasteiger partial charge in [0.2, 0.25) is 0 Å². The molecule has 0 aliphatic heterocycles. The maximum atomic E-state index is 12.3. The van der Waals surface area contributed by atoms with Crippen LogP contribution in [0.4, 0.5) is 13.2 Å². The van der Waals surface area contributed by atoms with E-state index in [0.29, 0.717) is 6.42 Å². The molecule has 1 atom stereocenters. The molecule has 1 aromatic heterocycles. The van der Waals surface area contributed by atoms with Crippen molar-refractivity contribution >= 4 is 10.9 Å². The predicted octanol–water partition coefficient (Wildman–Crippen LogP) is 2.99. The van der Waals surface area contributed by atoms with Crippen LogP contribution in [0.25, 0.3) is 10.9 Å². The Hall–Kier alpha value is -1.49. The van der Waals surface area contributed by atoms with Crippen molar-refractivity contribution in [3.05, 3.63) is 36.0 Å². The molecule has 5 heteroatoms. The number of rotatable bonds is 3. The summed E-state index contributed by atoms with van der Waals surface area (Å²) in [5.74, 6) is 0. The molecule has 0 bridgehead atoms. The van der Waals surface area contributed by atoms with E-state index in [4.69, 9.17) is 5.73 Å². The monoisotopic (exact) mass is 242 g/mol. The normalized spacial score (nSPS) is 14.1. The zero-order valence-electron chi connectivity index (χ0n) is 9.09. The Morgan fingerprint density at radius 3 is 2.65 bits per heavy atom. The number of hydrogen-bond acceptors (Lipinski definition) is 1. The van der Waals surface area contributed by atoms with Crippen molar-refractivity contribution in [1.29, 1.82) is 0 Å². The van der Waals surface area contributed by atoms with E-state index < -0.39 is 12.2 Å². The summed E-state index contributed by atoms with van der Waals surface area (Å²) in [6.07, 6.45) is -2.34. The van der Waals surface area contributed by atoms with Crippen LogP contribution in [0.15, 0.2) is 30.5 Å². The number of benzene rings is 1. The van der Waals surface area contributed by atoms with Gasteiger partial charge >= 0.3 is 6.18 Å². The molecule has 0 radical (unpaired) electrons. The summed E-state index contributed by atoms with van der Waals surface area (Å²) in [6, 6.07) is 5.77. The van der Waals surface area contributed by atoms with E-state index in [2.05, 4.69) is 4.98 Å². The molecular weight excluding hydrogens is 229 g/mol. The van der Waals surface area contributed by atoms with Crippen LogP contribution < -0.4 is 5.73 Å². The fraction of sp³-hybridized carbons (Fsp3) is 0.333. The van der Waals surface area contributed by atoms with Gasteiger partial charge in [-0.05, 0) is 24.5 Å². The van der Waals surface area contributed by atoms with Gasteiger partial charge in [-0.2, -0.15) is 13.2 Å². The fourth-order valence-corrected chi connectivity index (χ4v) is 1.81. The number of fused-ring (bicyclic) bond motifs is 1. The zero-order valence-corrected chi connectivity index (χ0v) is 9.09. The van der Waals surface area contributed by atoms with Crippen LogP contribution >= 0.6 is 0 Å². The highest BCUT2D eigenvalue weighted by Crippen LogP contribution is 2.24. The first-order chi connectivity index (χ1) is 7.98. The summed E-state index contributed by atoms with van der Waals surface area (Å²) >= 11 is 0. The van der Waals surface area contributed by atoms with Crippen LogP contribution in [0.1, 0.15) is 12.0 Å². The van der Waals surface area contributed by atoms with E-state index in [9.17, 15) is 13.2 Å². The van der Waals surface area contributed by atoms with E-state index in [-0.39, 0.29) is 6.42 Å². The van der Waals surface area contributed by atoms with Crippen molar-refractivity contribution in [2.24, 2.45) is 5.73 Å². The van der Waals surface area contributed by atoms with Gasteiger partial charge in [-0.3, -0.25) is 0 Å². The number of aryl methyl sites for hydroxylation is 1. The van der Waals surface area contributed by atoms with Gasteiger partial charge in [-0.1, -0.05) is 18.2 Å². The predicted molar refractivity (Wildman–Crippen MR) is 60.7 cm³/mol. The van der Waals surface area contributed by atoms with Crippen LogP contribution in [-0.4, -0.2) is 17.2 Å². The van der Waals surface area contributed by atoms with Crippen molar-refractivity contribution in [2.45, 2.75) is 25.1 Å². The fourth-order valence-electron chi connectivity index (χ4n) is 1.81. The lowest BCUT2D eigenvalue weighted by atomic mass is 10.0. The maximum absolute atomic E-state index is 12.3. The molecule has 0 amide bonds. The number of aromatic amines is 1. The van der Waals surface area contributed by atoms with Gasteiger partial charge in [0, 0.05) is 17.1 Å². The van der Waals surface area contributed by atoms with E-state index >= 15 is 0 Å². The van der Waals surface area contributed by atoms with Crippen LogP contribution in [0.5, 0.6) is 0 Å². The average Bonchev–Trinajstić information content (AvgIpc) is 2.68. The smallest absolute Gasteiger partial charge is 0.361 e. The van der Waals surface area contributed by atoms with Crippen molar-refractivity contribution in [3.8, 4) is 0 Å². The topological polar surface area (TPSA) is 41.8 Å². The molecule has 1 aromatic carbocycles. The summed E-state index contributed by atoms with van der Waals surface area (Å²) < 4.78 is 36.8. The first-order valence-corrected chi connectivity index (χ1v) is 5.36. The minimum Gasteiger partial charge on any atom is -0.361 e. The number of para-hydroxylation sites is 1. The number of H-pyrrole nitrogens is 1. The molecule has 0 aliphatic carbocycles. The Morgan fingerprint density at radius 1 is 1.24 bits per heavy atom. The molecule has 92 valence electrons. The number of nitrogens with one attached hydrogen (secondary N) is 1. The Kier molecular flexibility index (Phi) is 3.11. The molecule has 2 rings (SSSR count). The van der Waals surface area contributed by atoms with E-state index in [1.54, 1.807) is 6.20 Å². The lowest BCUT2D eigenvalue weighted by molar-refractivity contribution is -0.148. The number of nitrogens with two attached hydrogens (primary N) is 1. The Balaban J connectivity index is 2.09. The number of halogens is 3. The molecule has 0 saturated heterocycles. The quantitative estimate of drug-likeness (QED) is 0.853. The molecular formula is C12H13F3N2. The Morgan fingerprint density at radius 2 is 1.94 bits per heavy atom. The molecule has 0 saturated carbocycles. The Bertz CT molecular complexity index is 502. The van der Waals surface area contributed by atoms with Gasteiger partial charge in [0.1, 0.15) is 6.04 Å². The number of alkyl halides is 3. The highest BCUT2D eigenvalue weighted by Gasteiger charge is 2.36. The largest absolute Gasteiger partial charge is 0.403 e. The summed E-state index contributed by atoms with van der Waals surface area (Å²) in [6.45, 7) is 0. The molecule has 1 unspecified atom stereocenters. The molecule has 17 heavy (non-hydrogen) atoms. The SMILES string of the molecule is NC(CCc1c[nH]c2ccccc12)C(F)(F)F. The minimum absolute atomic E-state index is 0.0919. The zero-order chi connectivity index (χ0) is 12.5. The van der Waals surface area contributed by atoms with Gasteiger partial charge in [0.05, 0.1) is 0 Å². The van der Waals surface area contributed by atoms with Crippen molar-refractivity contribution in [2.75, 3.05) is 0 Å². The van der Waals surface area contributed by atoms with Crippen LogP contribution in [0.3, 0.4) is 0 Å². The highest BCUT2D eigenvalue weighted by molar-refractivity contribution is 5.82. The van der Waals surface area contributed by atoms with Crippen LogP contribution in [0, 0.1) is 0 Å². The molecule has 1 heterocycles. The van der Waals surface area contributed by atoms with Crippen LogP contribution in [-0.2, 0) is 6.42 Å². The molecule has 0 fully saturated rings. The molecule has 2 aromatic rings. The summed E-state index contributed by atoms with van der Waals surface area (Å²) in [7, 11) is 0. The Labute approximate surface area is 96.6 Å². The summed E-state index contributed by atoms with van der Waals surface area (Å²) in [5, 5.41) is 0.960. The second-order valence-corrected chi connectivity index (χ2v) is 4.05. The van der Waals surface area contributed by atoms with Crippen LogP contribution in [0.2, 0.25) is 0 Å². The summed E-state index contributed by atoms with van der Waals surface area (Å²) in [5.41, 5.74) is 6.88. The van der Waals surface area contributed by atoms with Crippen molar-refractivity contribution in [3.63, 3.8) is 0 Å². The molecule has 0 spiro atoms. The van der Waals surface area contributed by atoms with Gasteiger partial charge < -0.3 is 10.7 Å². The lowest BCUT2D eigenvalue weighted by Crippen LogP contribution is -2.37. The maximum Gasteiger partial charge on any atom is 0.403 e. The van der Waals surface area contributed by atoms with E-state index in [0.717, 1.165) is 16.5 Å². The lowest BCUT2D eigenvalue weighted by Gasteiger charge is -2.14. The van der Waals surface area contributed by atoms with E-state index in [1.165, 1.54) is 0 Å². The first-order valence-electron chi connectivity index (χ1n) is 5.36. The van der Waals surface area contributed by atoms with Gasteiger partial charge in [0.25, 0.3) is 0 Å². The van der Waals surface area contributed by atoms with E-state index in [1.807, 2.05) is 24.3 Å². The first kappa shape index (κ1) is 12.0.